The summed E-state index contributed by atoms with van der Waals surface area (Å²) in [7, 11) is -3.99. The number of aryl methyl sites for hydroxylation is 1. The number of nitrogens with one attached hydrogen (secondary N) is 1. The minimum absolute atomic E-state index is 0.0147. The predicted molar refractivity (Wildman–Crippen MR) is 97.3 cm³/mol. The molecule has 0 fully saturated rings. The largest absolute Gasteiger partial charge is 0.478 e. The van der Waals surface area contributed by atoms with E-state index in [-0.39, 0.29) is 26.2 Å². The van der Waals surface area contributed by atoms with E-state index in [1.807, 2.05) is 0 Å². The summed E-state index contributed by atoms with van der Waals surface area (Å²) < 4.78 is 27.6. The molecule has 0 amide bonds. The maximum Gasteiger partial charge on any atom is 0.338 e. The first-order valence-electron chi connectivity index (χ1n) is 7.65. The lowest BCUT2D eigenvalue weighted by Gasteiger charge is -2.20. The van der Waals surface area contributed by atoms with Crippen LogP contribution in [0.15, 0.2) is 35.2 Å². The summed E-state index contributed by atoms with van der Waals surface area (Å²) in [6.45, 7) is 0. The number of hydrogen-bond acceptors (Lipinski definition) is 3. The highest BCUT2D eigenvalue weighted by Gasteiger charge is 2.24. The van der Waals surface area contributed by atoms with Crippen molar-refractivity contribution < 1.29 is 18.3 Å². The minimum atomic E-state index is -3.99. The summed E-state index contributed by atoms with van der Waals surface area (Å²) in [6.07, 6.45) is 3.31. The Morgan fingerprint density at radius 1 is 1.04 bits per heavy atom. The summed E-state index contributed by atoms with van der Waals surface area (Å²) >= 11 is 11.7. The van der Waals surface area contributed by atoms with E-state index in [0.717, 1.165) is 24.8 Å². The second kappa shape index (κ2) is 6.86. The quantitative estimate of drug-likeness (QED) is 0.798. The van der Waals surface area contributed by atoms with Crippen molar-refractivity contribution >= 4 is 44.9 Å². The fraction of sp³-hybridized carbons (Fsp3) is 0.235. The Balaban J connectivity index is 2.05. The average Bonchev–Trinajstić information content (AvgIpc) is 2.56. The lowest BCUT2D eigenvalue weighted by atomic mass is 9.87. The summed E-state index contributed by atoms with van der Waals surface area (Å²) in [5.74, 6) is -1.15. The number of anilines is 1. The van der Waals surface area contributed by atoms with Crippen molar-refractivity contribution in [3.8, 4) is 0 Å². The molecule has 0 unspecified atom stereocenters. The van der Waals surface area contributed by atoms with Gasteiger partial charge in [-0.3, -0.25) is 4.72 Å². The van der Waals surface area contributed by atoms with Crippen molar-refractivity contribution in [3.05, 3.63) is 57.1 Å². The third-order valence-electron chi connectivity index (χ3n) is 4.19. The van der Waals surface area contributed by atoms with Crippen molar-refractivity contribution in [2.75, 3.05) is 4.72 Å². The predicted octanol–water partition coefficient (Wildman–Crippen LogP) is 4.37. The number of hydrogen-bond donors (Lipinski definition) is 2. The van der Waals surface area contributed by atoms with Gasteiger partial charge in [0.1, 0.15) is 0 Å². The molecule has 2 aromatic carbocycles. The number of carbonyl (C=O) groups is 1. The van der Waals surface area contributed by atoms with Gasteiger partial charge in [-0.1, -0.05) is 29.3 Å². The highest BCUT2D eigenvalue weighted by atomic mass is 35.5. The molecule has 0 aromatic heterocycles. The number of halogens is 2. The van der Waals surface area contributed by atoms with Crippen molar-refractivity contribution in [1.82, 2.24) is 0 Å². The molecule has 0 bridgehead atoms. The second-order valence-corrected chi connectivity index (χ2v) is 8.32. The smallest absolute Gasteiger partial charge is 0.338 e. The highest BCUT2D eigenvalue weighted by Crippen LogP contribution is 2.32. The van der Waals surface area contributed by atoms with E-state index >= 15 is 0 Å². The van der Waals surface area contributed by atoms with Crippen LogP contribution in [0.2, 0.25) is 10.0 Å². The summed E-state index contributed by atoms with van der Waals surface area (Å²) in [6, 6.07) is 7.21. The van der Waals surface area contributed by atoms with Gasteiger partial charge in [0.05, 0.1) is 26.2 Å². The van der Waals surface area contributed by atoms with Crippen LogP contribution in [0.5, 0.6) is 0 Å². The van der Waals surface area contributed by atoms with Crippen molar-refractivity contribution in [2.45, 2.75) is 30.6 Å². The average molecular weight is 400 g/mol. The van der Waals surface area contributed by atoms with Crippen molar-refractivity contribution in [3.63, 3.8) is 0 Å². The molecule has 0 heterocycles. The molecule has 132 valence electrons. The molecule has 0 spiro atoms. The van der Waals surface area contributed by atoms with Gasteiger partial charge in [-0.25, -0.2) is 13.2 Å². The lowest BCUT2D eigenvalue weighted by molar-refractivity contribution is 0.0696. The van der Waals surface area contributed by atoms with Gasteiger partial charge in [-0.15, -0.1) is 0 Å². The van der Waals surface area contributed by atoms with Crippen LogP contribution in [0.3, 0.4) is 0 Å². The Bertz CT molecular complexity index is 957. The minimum Gasteiger partial charge on any atom is -0.478 e. The molecule has 0 saturated heterocycles. The molecule has 8 heteroatoms. The molecule has 0 atom stereocenters. The molecule has 5 nitrogen and oxygen atoms in total. The standard InChI is InChI=1S/C17H15Cl2NO4S/c18-13-7-6-11(9-14(13)19)25(23,24)20-15-8-5-10-3-1-2-4-12(10)16(15)17(21)22/h5-9,20H,1-4H2,(H,21,22). The second-order valence-electron chi connectivity index (χ2n) is 5.82. The van der Waals surface area contributed by atoms with Gasteiger partial charge in [-0.05, 0) is 61.1 Å². The number of rotatable bonds is 4. The summed E-state index contributed by atoms with van der Waals surface area (Å²) in [5, 5.41) is 9.94. The maximum atomic E-state index is 12.6. The highest BCUT2D eigenvalue weighted by molar-refractivity contribution is 7.92. The van der Waals surface area contributed by atoms with Crippen molar-refractivity contribution in [2.24, 2.45) is 0 Å². The van der Waals surface area contributed by atoms with Gasteiger partial charge in [0, 0.05) is 0 Å². The Kier molecular flexibility index (Phi) is 4.95. The monoisotopic (exact) mass is 399 g/mol. The Morgan fingerprint density at radius 2 is 1.76 bits per heavy atom. The van der Waals surface area contributed by atoms with Gasteiger partial charge in [0.2, 0.25) is 0 Å². The Labute approximate surface area is 155 Å². The number of carboxylic acid groups (broad SMARTS) is 1. The van der Waals surface area contributed by atoms with Crippen LogP contribution in [0.1, 0.15) is 34.3 Å². The van der Waals surface area contributed by atoms with Crippen LogP contribution in [0, 0.1) is 0 Å². The summed E-state index contributed by atoms with van der Waals surface area (Å²) in [4.78, 5) is 11.7. The zero-order valence-corrected chi connectivity index (χ0v) is 15.4. The van der Waals surface area contributed by atoms with E-state index in [0.29, 0.717) is 12.0 Å². The molecule has 1 aliphatic carbocycles. The van der Waals surface area contributed by atoms with E-state index < -0.39 is 16.0 Å². The molecular formula is C17H15Cl2NO4S. The van der Waals surface area contributed by atoms with Crippen LogP contribution in [-0.2, 0) is 22.9 Å². The maximum absolute atomic E-state index is 12.6. The van der Waals surface area contributed by atoms with Crippen LogP contribution in [-0.4, -0.2) is 19.5 Å². The van der Waals surface area contributed by atoms with E-state index in [1.54, 1.807) is 6.07 Å². The SMILES string of the molecule is O=C(O)c1c(NS(=O)(=O)c2ccc(Cl)c(Cl)c2)ccc2c1CCCC2. The number of aromatic carboxylic acids is 1. The van der Waals surface area contributed by atoms with Gasteiger partial charge in [-0.2, -0.15) is 0 Å². The molecular weight excluding hydrogens is 385 g/mol. The van der Waals surface area contributed by atoms with E-state index in [1.165, 1.54) is 24.3 Å². The molecule has 25 heavy (non-hydrogen) atoms. The fourth-order valence-corrected chi connectivity index (χ4v) is 4.47. The third kappa shape index (κ3) is 3.61. The van der Waals surface area contributed by atoms with Crippen LogP contribution >= 0.6 is 23.2 Å². The zero-order valence-electron chi connectivity index (χ0n) is 13.1. The fourth-order valence-electron chi connectivity index (χ4n) is 3.01. The number of benzene rings is 2. The molecule has 0 radical (unpaired) electrons. The normalized spacial score (nSPS) is 14.0. The first-order chi connectivity index (χ1) is 11.8. The number of sulfonamides is 1. The van der Waals surface area contributed by atoms with E-state index in [9.17, 15) is 18.3 Å². The molecule has 0 aliphatic heterocycles. The molecule has 2 N–H and O–H groups in total. The molecule has 2 aromatic rings. The Morgan fingerprint density at radius 3 is 2.44 bits per heavy atom. The molecule has 0 saturated carbocycles. The van der Waals surface area contributed by atoms with Crippen LogP contribution in [0.25, 0.3) is 0 Å². The zero-order chi connectivity index (χ0) is 18.2. The summed E-state index contributed by atoms with van der Waals surface area (Å²) in [5.41, 5.74) is 1.73. The van der Waals surface area contributed by atoms with E-state index in [2.05, 4.69) is 4.72 Å². The first-order valence-corrected chi connectivity index (χ1v) is 9.89. The number of fused-ring (bicyclic) bond motifs is 1. The van der Waals surface area contributed by atoms with Crippen LogP contribution in [0.4, 0.5) is 5.69 Å². The van der Waals surface area contributed by atoms with Gasteiger partial charge < -0.3 is 5.11 Å². The lowest BCUT2D eigenvalue weighted by Crippen LogP contribution is -2.18. The van der Waals surface area contributed by atoms with Gasteiger partial charge in [0.15, 0.2) is 0 Å². The number of carboxylic acids is 1. The van der Waals surface area contributed by atoms with Crippen LogP contribution < -0.4 is 4.72 Å². The topological polar surface area (TPSA) is 83.5 Å². The van der Waals surface area contributed by atoms with Crippen molar-refractivity contribution in [1.29, 1.82) is 0 Å². The van der Waals surface area contributed by atoms with Gasteiger partial charge in [0.25, 0.3) is 10.0 Å². The molecule has 1 aliphatic rings. The molecule has 3 rings (SSSR count). The first kappa shape index (κ1) is 18.0. The van der Waals surface area contributed by atoms with Gasteiger partial charge >= 0.3 is 5.97 Å². The third-order valence-corrected chi connectivity index (χ3v) is 6.29. The van der Waals surface area contributed by atoms with E-state index in [4.69, 9.17) is 23.2 Å². The Hall–Kier alpha value is -1.76.